The number of aliphatic hydroxyl groups is 1. The number of hydrogen-bond donors (Lipinski definition) is 2. The zero-order valence-corrected chi connectivity index (χ0v) is 13.4. The second-order valence-electron chi connectivity index (χ2n) is 4.77. The lowest BCUT2D eigenvalue weighted by Gasteiger charge is -2.14. The molecule has 3 N–H and O–H groups in total. The molecule has 0 saturated carbocycles. The Bertz CT molecular complexity index is 363. The summed E-state index contributed by atoms with van der Waals surface area (Å²) in [5, 5.41) is 8.91. The van der Waals surface area contributed by atoms with Gasteiger partial charge in [-0.05, 0) is 18.2 Å². The largest absolute Gasteiger partial charge is 0.463 e. The van der Waals surface area contributed by atoms with Gasteiger partial charge in [0.1, 0.15) is 19.3 Å². The molecule has 3 atom stereocenters. The third-order valence-corrected chi connectivity index (χ3v) is 3.78. The van der Waals surface area contributed by atoms with E-state index in [2.05, 4.69) is 0 Å². The molecular formula is C13H23NO6S. The highest BCUT2D eigenvalue weighted by molar-refractivity contribution is 8.13. The Balaban J connectivity index is 3.82. The minimum absolute atomic E-state index is 0.216. The first-order valence-corrected chi connectivity index (χ1v) is 7.70. The Kier molecular flexibility index (Phi) is 9.81. The second kappa shape index (κ2) is 10.4. The standard InChI is InChI=1S/C13H23NO6S/c1-4-8(2)12(17)19-5-10(15)6-20-13(18)21-7-9(3)11(14)16/h8-10,15H,4-7H2,1-3H3,(H2,14,16). The Morgan fingerprint density at radius 1 is 1.14 bits per heavy atom. The van der Waals surface area contributed by atoms with E-state index in [0.717, 1.165) is 11.8 Å². The van der Waals surface area contributed by atoms with Crippen molar-refractivity contribution >= 4 is 28.9 Å². The van der Waals surface area contributed by atoms with Gasteiger partial charge in [-0.2, -0.15) is 0 Å². The van der Waals surface area contributed by atoms with Gasteiger partial charge in [-0.25, -0.2) is 4.79 Å². The lowest BCUT2D eigenvalue weighted by molar-refractivity contribution is -0.151. The van der Waals surface area contributed by atoms with E-state index >= 15 is 0 Å². The van der Waals surface area contributed by atoms with Crippen LogP contribution < -0.4 is 5.73 Å². The van der Waals surface area contributed by atoms with Crippen molar-refractivity contribution in [1.29, 1.82) is 0 Å². The number of rotatable bonds is 9. The van der Waals surface area contributed by atoms with E-state index in [0.29, 0.717) is 6.42 Å². The van der Waals surface area contributed by atoms with Crippen molar-refractivity contribution in [2.24, 2.45) is 17.6 Å². The van der Waals surface area contributed by atoms with Crippen molar-refractivity contribution in [3.05, 3.63) is 0 Å². The maximum Gasteiger partial charge on any atom is 0.367 e. The molecule has 0 bridgehead atoms. The second-order valence-corrected chi connectivity index (χ2v) is 5.72. The Morgan fingerprint density at radius 3 is 2.24 bits per heavy atom. The van der Waals surface area contributed by atoms with E-state index in [9.17, 15) is 19.5 Å². The van der Waals surface area contributed by atoms with Crippen LogP contribution in [0.2, 0.25) is 0 Å². The number of carbonyl (C=O) groups excluding carboxylic acids is 3. The van der Waals surface area contributed by atoms with Gasteiger partial charge in [0.25, 0.3) is 0 Å². The molecule has 0 aliphatic carbocycles. The number of nitrogens with two attached hydrogens (primary N) is 1. The van der Waals surface area contributed by atoms with Crippen molar-refractivity contribution in [1.82, 2.24) is 0 Å². The van der Waals surface area contributed by atoms with E-state index in [1.807, 2.05) is 6.92 Å². The van der Waals surface area contributed by atoms with Crippen molar-refractivity contribution in [3.63, 3.8) is 0 Å². The van der Waals surface area contributed by atoms with Gasteiger partial charge in [-0.15, -0.1) is 0 Å². The monoisotopic (exact) mass is 321 g/mol. The molecule has 122 valence electrons. The summed E-state index contributed by atoms with van der Waals surface area (Å²) in [6.45, 7) is 4.69. The molecule has 0 spiro atoms. The van der Waals surface area contributed by atoms with Crippen LogP contribution in [0.1, 0.15) is 27.2 Å². The van der Waals surface area contributed by atoms with Gasteiger partial charge in [0, 0.05) is 11.7 Å². The summed E-state index contributed by atoms with van der Waals surface area (Å²) in [6, 6.07) is 0. The summed E-state index contributed by atoms with van der Waals surface area (Å²) in [6.07, 6.45) is -0.422. The van der Waals surface area contributed by atoms with Gasteiger partial charge in [-0.3, -0.25) is 9.59 Å². The minimum atomic E-state index is -1.07. The number of esters is 1. The van der Waals surface area contributed by atoms with E-state index in [1.165, 1.54) is 0 Å². The predicted octanol–water partition coefficient (Wildman–Crippen LogP) is 0.928. The molecule has 0 rings (SSSR count). The summed E-state index contributed by atoms with van der Waals surface area (Å²) in [5.74, 6) is -1.35. The van der Waals surface area contributed by atoms with Crippen LogP contribution in [0, 0.1) is 11.8 Å². The zero-order chi connectivity index (χ0) is 16.4. The van der Waals surface area contributed by atoms with Gasteiger partial charge in [-0.1, -0.05) is 20.8 Å². The topological polar surface area (TPSA) is 116 Å². The minimum Gasteiger partial charge on any atom is -0.463 e. The third-order valence-electron chi connectivity index (χ3n) is 2.76. The molecule has 0 aromatic carbocycles. The van der Waals surface area contributed by atoms with Crippen LogP contribution in [0.25, 0.3) is 0 Å². The van der Waals surface area contributed by atoms with E-state index in [-0.39, 0.29) is 24.9 Å². The molecule has 0 aromatic rings. The molecule has 0 aliphatic heterocycles. The lowest BCUT2D eigenvalue weighted by atomic mass is 10.1. The number of primary amides is 1. The molecular weight excluding hydrogens is 298 g/mol. The number of amides is 1. The van der Waals surface area contributed by atoms with Crippen molar-refractivity contribution in [2.75, 3.05) is 19.0 Å². The van der Waals surface area contributed by atoms with Crippen molar-refractivity contribution in [2.45, 2.75) is 33.3 Å². The number of carbonyl (C=O) groups is 3. The average Bonchev–Trinajstić information content (AvgIpc) is 2.46. The van der Waals surface area contributed by atoms with Crippen LogP contribution in [0.15, 0.2) is 0 Å². The molecule has 1 amide bonds. The predicted molar refractivity (Wildman–Crippen MR) is 78.6 cm³/mol. The lowest BCUT2D eigenvalue weighted by Crippen LogP contribution is -2.27. The molecule has 8 heteroatoms. The summed E-state index contributed by atoms with van der Waals surface area (Å²) < 4.78 is 9.65. The zero-order valence-electron chi connectivity index (χ0n) is 12.5. The summed E-state index contributed by atoms with van der Waals surface area (Å²) in [4.78, 5) is 33.5. The Morgan fingerprint density at radius 2 is 1.71 bits per heavy atom. The highest BCUT2D eigenvalue weighted by atomic mass is 32.2. The van der Waals surface area contributed by atoms with Crippen LogP contribution in [0.3, 0.4) is 0 Å². The Hall–Kier alpha value is -1.28. The first-order valence-electron chi connectivity index (χ1n) is 6.71. The molecule has 0 aromatic heterocycles. The van der Waals surface area contributed by atoms with Crippen LogP contribution in [-0.4, -0.2) is 47.4 Å². The SMILES string of the molecule is CCC(C)C(=O)OCC(O)COC(=O)SCC(C)C(N)=O. The highest BCUT2D eigenvalue weighted by Gasteiger charge is 2.17. The van der Waals surface area contributed by atoms with Crippen LogP contribution in [0.4, 0.5) is 4.79 Å². The normalized spacial score (nSPS) is 14.9. The molecule has 0 radical (unpaired) electrons. The maximum absolute atomic E-state index is 11.4. The average molecular weight is 321 g/mol. The van der Waals surface area contributed by atoms with E-state index in [1.54, 1.807) is 13.8 Å². The van der Waals surface area contributed by atoms with Crippen molar-refractivity contribution < 1.29 is 29.0 Å². The number of ether oxygens (including phenoxy) is 2. The fourth-order valence-corrected chi connectivity index (χ4v) is 1.72. The molecule has 7 nitrogen and oxygen atoms in total. The van der Waals surface area contributed by atoms with Gasteiger partial charge in [0.15, 0.2) is 0 Å². The van der Waals surface area contributed by atoms with Gasteiger partial charge in [0.05, 0.1) is 5.92 Å². The number of thioether (sulfide) groups is 1. The fourth-order valence-electron chi connectivity index (χ4n) is 1.02. The quantitative estimate of drug-likeness (QED) is 0.607. The number of hydrogen-bond acceptors (Lipinski definition) is 7. The maximum atomic E-state index is 11.4. The van der Waals surface area contributed by atoms with Crippen LogP contribution >= 0.6 is 11.8 Å². The molecule has 3 unspecified atom stereocenters. The van der Waals surface area contributed by atoms with E-state index < -0.39 is 29.2 Å². The Labute approximate surface area is 128 Å². The molecule has 21 heavy (non-hydrogen) atoms. The summed E-state index contributed by atoms with van der Waals surface area (Å²) >= 11 is 0.807. The fraction of sp³-hybridized carbons (Fsp3) is 0.769. The molecule has 0 fully saturated rings. The number of aliphatic hydroxyl groups excluding tert-OH is 1. The van der Waals surface area contributed by atoms with Gasteiger partial charge >= 0.3 is 11.3 Å². The summed E-state index contributed by atoms with van der Waals surface area (Å²) in [5.41, 5.74) is 5.06. The van der Waals surface area contributed by atoms with Crippen molar-refractivity contribution in [3.8, 4) is 0 Å². The van der Waals surface area contributed by atoms with Crippen LogP contribution in [0.5, 0.6) is 0 Å². The first kappa shape index (κ1) is 19.7. The van der Waals surface area contributed by atoms with Gasteiger partial charge in [0.2, 0.25) is 5.91 Å². The highest BCUT2D eigenvalue weighted by Crippen LogP contribution is 2.11. The molecule has 0 saturated heterocycles. The molecule has 0 heterocycles. The smallest absolute Gasteiger partial charge is 0.367 e. The van der Waals surface area contributed by atoms with Gasteiger partial charge < -0.3 is 20.3 Å². The third kappa shape index (κ3) is 9.30. The van der Waals surface area contributed by atoms with E-state index in [4.69, 9.17) is 15.2 Å². The summed E-state index contributed by atoms with van der Waals surface area (Å²) in [7, 11) is 0. The first-order chi connectivity index (χ1) is 9.77. The molecule has 0 aliphatic rings. The van der Waals surface area contributed by atoms with Crippen LogP contribution in [-0.2, 0) is 19.1 Å².